The largest absolute Gasteiger partial charge is 0.416 e. The quantitative estimate of drug-likeness (QED) is 0.621. The molecule has 2 aromatic rings. The zero-order valence-corrected chi connectivity index (χ0v) is 13.5. The first-order valence-corrected chi connectivity index (χ1v) is 8.13. The van der Waals surface area contributed by atoms with Crippen LogP contribution in [0.4, 0.5) is 0 Å². The topological polar surface area (TPSA) is 80.9 Å². The van der Waals surface area contributed by atoms with Gasteiger partial charge in [0.15, 0.2) is 0 Å². The lowest BCUT2D eigenvalue weighted by molar-refractivity contribution is -0.120. The van der Waals surface area contributed by atoms with Gasteiger partial charge >= 0.3 is 0 Å². The Balaban J connectivity index is 1.90. The Morgan fingerprint density at radius 3 is 3.10 bits per heavy atom. The molecule has 1 amide bonds. The summed E-state index contributed by atoms with van der Waals surface area (Å²) in [5, 5.41) is 13.7. The maximum Gasteiger partial charge on any atom is 0.277 e. The summed E-state index contributed by atoms with van der Waals surface area (Å²) in [6, 6.07) is 0. The van der Waals surface area contributed by atoms with Crippen LogP contribution in [0, 0.1) is 6.92 Å². The molecular weight excluding hydrogens is 308 g/mol. The van der Waals surface area contributed by atoms with Crippen molar-refractivity contribution in [1.82, 2.24) is 20.5 Å². The zero-order chi connectivity index (χ0) is 15.2. The van der Waals surface area contributed by atoms with Gasteiger partial charge in [-0.15, -0.1) is 28.1 Å². The molecule has 21 heavy (non-hydrogen) atoms. The molecule has 0 bridgehead atoms. The second-order valence-electron chi connectivity index (χ2n) is 4.29. The van der Waals surface area contributed by atoms with E-state index in [9.17, 15) is 4.79 Å². The highest BCUT2D eigenvalue weighted by atomic mass is 32.2. The van der Waals surface area contributed by atoms with Crippen LogP contribution in [0.15, 0.2) is 27.7 Å². The van der Waals surface area contributed by atoms with Crippen molar-refractivity contribution in [2.24, 2.45) is 0 Å². The van der Waals surface area contributed by atoms with Crippen LogP contribution in [0.1, 0.15) is 23.5 Å². The highest BCUT2D eigenvalue weighted by Gasteiger charge is 2.18. The van der Waals surface area contributed by atoms with Crippen molar-refractivity contribution in [2.75, 3.05) is 6.54 Å². The van der Waals surface area contributed by atoms with Crippen LogP contribution < -0.4 is 5.32 Å². The summed E-state index contributed by atoms with van der Waals surface area (Å²) in [6.45, 7) is 7.74. The second-order valence-corrected chi connectivity index (χ2v) is 6.64. The monoisotopic (exact) mass is 324 g/mol. The molecule has 0 aliphatic carbocycles. The van der Waals surface area contributed by atoms with Crippen LogP contribution >= 0.6 is 23.1 Å². The van der Waals surface area contributed by atoms with Crippen LogP contribution in [0.5, 0.6) is 0 Å². The molecule has 0 aliphatic heterocycles. The number of aromatic nitrogens is 3. The zero-order valence-electron chi connectivity index (χ0n) is 11.8. The number of thiazole rings is 1. The van der Waals surface area contributed by atoms with E-state index in [2.05, 4.69) is 27.1 Å². The Morgan fingerprint density at radius 2 is 2.43 bits per heavy atom. The fourth-order valence-corrected chi connectivity index (χ4v) is 2.86. The highest BCUT2D eigenvalue weighted by Crippen LogP contribution is 2.22. The standard InChI is InChI=1S/C13H16N4O2S2/c1-4-5-14-12(18)8(2)21-13-17-16-11(19-13)6-10-7-20-9(3)15-10/h4,7-8H,1,5-6H2,2-3H3,(H,14,18)/t8-/m0/s1. The average molecular weight is 324 g/mol. The molecular formula is C13H16N4O2S2. The van der Waals surface area contributed by atoms with E-state index in [1.807, 2.05) is 12.3 Å². The molecule has 0 aliphatic rings. The number of thioether (sulfide) groups is 1. The molecule has 0 spiro atoms. The molecule has 112 valence electrons. The number of carbonyl (C=O) groups is 1. The molecule has 0 aromatic carbocycles. The fourth-order valence-electron chi connectivity index (χ4n) is 1.52. The Morgan fingerprint density at radius 1 is 1.62 bits per heavy atom. The molecule has 2 heterocycles. The first kappa shape index (κ1) is 15.7. The van der Waals surface area contributed by atoms with Crippen molar-refractivity contribution in [3.8, 4) is 0 Å². The second kappa shape index (κ2) is 7.37. The van der Waals surface area contributed by atoms with E-state index >= 15 is 0 Å². The van der Waals surface area contributed by atoms with Crippen molar-refractivity contribution in [3.63, 3.8) is 0 Å². The Labute approximate surface area is 131 Å². The lowest BCUT2D eigenvalue weighted by Crippen LogP contribution is -2.30. The first-order chi connectivity index (χ1) is 10.1. The van der Waals surface area contributed by atoms with Crippen LogP contribution in [-0.4, -0.2) is 32.9 Å². The predicted octanol–water partition coefficient (Wildman–Crippen LogP) is 2.21. The molecule has 0 saturated heterocycles. The minimum Gasteiger partial charge on any atom is -0.416 e. The number of rotatable bonds is 7. The van der Waals surface area contributed by atoms with Crippen LogP contribution in [0.25, 0.3) is 0 Å². The van der Waals surface area contributed by atoms with Crippen molar-refractivity contribution < 1.29 is 9.21 Å². The van der Waals surface area contributed by atoms with Gasteiger partial charge in [-0.25, -0.2) is 4.98 Å². The molecule has 1 atom stereocenters. The number of nitrogens with one attached hydrogen (secondary N) is 1. The number of nitrogens with zero attached hydrogens (tertiary/aromatic N) is 3. The van der Waals surface area contributed by atoms with E-state index in [0.29, 0.717) is 24.1 Å². The van der Waals surface area contributed by atoms with Gasteiger partial charge in [0, 0.05) is 11.9 Å². The predicted molar refractivity (Wildman–Crippen MR) is 82.5 cm³/mol. The minimum atomic E-state index is -0.306. The molecule has 0 unspecified atom stereocenters. The number of aryl methyl sites for hydroxylation is 1. The molecule has 6 nitrogen and oxygen atoms in total. The van der Waals surface area contributed by atoms with Gasteiger partial charge < -0.3 is 9.73 Å². The summed E-state index contributed by atoms with van der Waals surface area (Å²) in [6.07, 6.45) is 2.14. The van der Waals surface area contributed by atoms with Crippen molar-refractivity contribution in [1.29, 1.82) is 0 Å². The van der Waals surface area contributed by atoms with Gasteiger partial charge in [-0.3, -0.25) is 4.79 Å². The highest BCUT2D eigenvalue weighted by molar-refractivity contribution is 8.00. The van der Waals surface area contributed by atoms with Gasteiger partial charge in [-0.2, -0.15) is 0 Å². The van der Waals surface area contributed by atoms with E-state index in [0.717, 1.165) is 10.7 Å². The van der Waals surface area contributed by atoms with E-state index in [1.54, 1.807) is 24.3 Å². The van der Waals surface area contributed by atoms with Crippen LogP contribution in [0.2, 0.25) is 0 Å². The van der Waals surface area contributed by atoms with Gasteiger partial charge in [0.05, 0.1) is 22.4 Å². The molecule has 0 fully saturated rings. The van der Waals surface area contributed by atoms with Crippen LogP contribution in [0.3, 0.4) is 0 Å². The molecule has 1 N–H and O–H groups in total. The number of carbonyl (C=O) groups excluding carboxylic acids is 1. The summed E-state index contributed by atoms with van der Waals surface area (Å²) >= 11 is 2.82. The SMILES string of the molecule is C=CCNC(=O)[C@H](C)Sc1nnc(Cc2csc(C)n2)o1. The smallest absolute Gasteiger partial charge is 0.277 e. The van der Waals surface area contributed by atoms with Gasteiger partial charge in [0.2, 0.25) is 11.8 Å². The first-order valence-electron chi connectivity index (χ1n) is 6.37. The Bertz CT molecular complexity index is 623. The number of amides is 1. The molecule has 0 radical (unpaired) electrons. The number of hydrogen-bond acceptors (Lipinski definition) is 7. The number of hydrogen-bond donors (Lipinski definition) is 1. The van der Waals surface area contributed by atoms with Crippen LogP contribution in [-0.2, 0) is 11.2 Å². The lowest BCUT2D eigenvalue weighted by Gasteiger charge is -2.07. The van der Waals surface area contributed by atoms with E-state index < -0.39 is 0 Å². The summed E-state index contributed by atoms with van der Waals surface area (Å²) < 4.78 is 5.53. The van der Waals surface area contributed by atoms with E-state index in [1.165, 1.54) is 11.8 Å². The maximum atomic E-state index is 11.7. The maximum absolute atomic E-state index is 11.7. The summed E-state index contributed by atoms with van der Waals surface area (Å²) in [5.74, 6) is 0.413. The third kappa shape index (κ3) is 4.68. The summed E-state index contributed by atoms with van der Waals surface area (Å²) in [4.78, 5) is 16.1. The Hall–Kier alpha value is -1.67. The van der Waals surface area contributed by atoms with Gasteiger partial charge in [-0.05, 0) is 13.8 Å². The van der Waals surface area contributed by atoms with Gasteiger partial charge in [-0.1, -0.05) is 17.8 Å². The molecule has 2 rings (SSSR count). The van der Waals surface area contributed by atoms with Gasteiger partial charge in [0.1, 0.15) is 0 Å². The molecule has 8 heteroatoms. The minimum absolute atomic E-state index is 0.0882. The van der Waals surface area contributed by atoms with E-state index in [-0.39, 0.29) is 11.2 Å². The summed E-state index contributed by atoms with van der Waals surface area (Å²) in [7, 11) is 0. The third-order valence-corrected chi connectivity index (χ3v) is 4.27. The van der Waals surface area contributed by atoms with Crippen molar-refractivity contribution in [3.05, 3.63) is 34.6 Å². The Kier molecular flexibility index (Phi) is 5.51. The van der Waals surface area contributed by atoms with E-state index in [4.69, 9.17) is 4.42 Å². The summed E-state index contributed by atoms with van der Waals surface area (Å²) in [5.41, 5.74) is 0.912. The van der Waals surface area contributed by atoms with Crippen molar-refractivity contribution in [2.45, 2.75) is 30.7 Å². The lowest BCUT2D eigenvalue weighted by atomic mass is 10.3. The van der Waals surface area contributed by atoms with Gasteiger partial charge in [0.25, 0.3) is 5.22 Å². The average Bonchev–Trinajstić information content (AvgIpc) is 3.06. The normalized spacial score (nSPS) is 12.1. The van der Waals surface area contributed by atoms with Crippen molar-refractivity contribution >= 4 is 29.0 Å². The molecule has 0 saturated carbocycles. The fraction of sp³-hybridized carbons (Fsp3) is 0.385. The third-order valence-electron chi connectivity index (χ3n) is 2.51. The molecule has 2 aromatic heterocycles.